The maximum Gasteiger partial charge on any atom is 0.382 e. The van der Waals surface area contributed by atoms with E-state index in [0.717, 1.165) is 6.92 Å². The summed E-state index contributed by atoms with van der Waals surface area (Å²) < 4.78 is 42.9. The number of carbonyl (C=O) groups is 4. The van der Waals surface area contributed by atoms with Crippen LogP contribution in [-0.4, -0.2) is 88.7 Å². The molecule has 1 amide bonds. The summed E-state index contributed by atoms with van der Waals surface area (Å²) in [6.07, 6.45) is -7.14. The number of hydrogen-bond acceptors (Lipinski definition) is 10. The van der Waals surface area contributed by atoms with Crippen LogP contribution in [0.25, 0.3) is 0 Å². The normalized spacial score (nSPS) is 30.3. The molecule has 0 saturated carbocycles. The van der Waals surface area contributed by atoms with Crippen LogP contribution in [0.1, 0.15) is 19.8 Å². The number of aliphatic hydroxyl groups is 3. The van der Waals surface area contributed by atoms with Gasteiger partial charge in [-0.05, 0) is 0 Å². The van der Waals surface area contributed by atoms with Gasteiger partial charge < -0.3 is 34.8 Å². The third kappa shape index (κ3) is 5.70. The summed E-state index contributed by atoms with van der Waals surface area (Å²) in [7, 11) is 0. The Labute approximate surface area is 169 Å². The van der Waals surface area contributed by atoms with Crippen molar-refractivity contribution < 1.29 is 57.5 Å². The van der Waals surface area contributed by atoms with Gasteiger partial charge in [-0.1, -0.05) is 0 Å². The molecule has 0 spiro atoms. The summed E-state index contributed by atoms with van der Waals surface area (Å²) in [6.45, 7) is -0.640. The number of nitrogens with one attached hydrogen (secondary N) is 1. The van der Waals surface area contributed by atoms with Gasteiger partial charge in [0.1, 0.15) is 18.3 Å². The molecular weight excluding hydrogens is 416 g/mol. The lowest BCUT2D eigenvalue weighted by atomic mass is 9.87. The van der Waals surface area contributed by atoms with E-state index in [0.29, 0.717) is 0 Å². The Morgan fingerprint density at radius 1 is 1.43 bits per heavy atom. The summed E-state index contributed by atoms with van der Waals surface area (Å²) in [6, 6.07) is -1.85. The van der Waals surface area contributed by atoms with E-state index in [-0.39, 0.29) is 12.8 Å². The first-order valence-electron chi connectivity index (χ1n) is 8.56. The van der Waals surface area contributed by atoms with Crippen molar-refractivity contribution in [2.24, 2.45) is 0 Å². The fraction of sp³-hybridized carbons (Fsp3) is 0.647. The largest absolute Gasteiger partial charge is 0.457 e. The molecule has 0 radical (unpaired) electrons. The lowest BCUT2D eigenvalue weighted by Crippen LogP contribution is -2.71. The highest BCUT2D eigenvalue weighted by Gasteiger charge is 2.64. The highest BCUT2D eigenvalue weighted by molar-refractivity contribution is 5.84. The van der Waals surface area contributed by atoms with E-state index in [2.05, 4.69) is 10.7 Å². The first-order chi connectivity index (χ1) is 14.0. The first kappa shape index (κ1) is 25.4. The predicted octanol–water partition coefficient (Wildman–Crippen LogP) is -2.37. The van der Waals surface area contributed by atoms with Crippen molar-refractivity contribution in [2.75, 3.05) is 6.61 Å². The third-order valence-corrected chi connectivity index (χ3v) is 4.12. The number of aliphatic hydroxyl groups excluding tert-OH is 3. The van der Waals surface area contributed by atoms with Crippen molar-refractivity contribution >= 4 is 24.3 Å². The Hall–Kier alpha value is -2.66. The lowest BCUT2D eigenvalue weighted by Gasteiger charge is -2.46. The van der Waals surface area contributed by atoms with Crippen molar-refractivity contribution in [1.82, 2.24) is 5.32 Å². The molecule has 13 heteroatoms. The van der Waals surface area contributed by atoms with Gasteiger partial charge in [-0.25, -0.2) is 9.18 Å². The number of alkyl halides is 2. The van der Waals surface area contributed by atoms with Gasteiger partial charge in [-0.3, -0.25) is 14.4 Å². The minimum atomic E-state index is -4.07. The number of hydrogen-bond donors (Lipinski definition) is 4. The Morgan fingerprint density at radius 3 is 2.57 bits per heavy atom. The van der Waals surface area contributed by atoms with Crippen LogP contribution in [0.5, 0.6) is 0 Å². The standard InChI is InChI=1S/C17H21F2NO10/c1-3-4-5-10(25)29-13(9(24)6-21)14-11(20-8(2)23)12(26)15(18)17(19,30-14)16(27)28-7-22/h1,7,9,11-15,21,24,26H,4-6H2,2H3,(H,20,23)/t9-,11?,12?,13-,14?,15?,17?/m1/s1. The number of esters is 2. The molecule has 1 aliphatic rings. The van der Waals surface area contributed by atoms with Crippen LogP contribution in [0.15, 0.2) is 0 Å². The second-order valence-electron chi connectivity index (χ2n) is 6.26. The minimum absolute atomic E-state index is 0.0880. The molecule has 0 aromatic carbocycles. The average Bonchev–Trinajstić information content (AvgIpc) is 2.70. The zero-order valence-electron chi connectivity index (χ0n) is 15.7. The molecule has 0 aliphatic carbocycles. The molecule has 1 heterocycles. The van der Waals surface area contributed by atoms with E-state index in [1.807, 2.05) is 5.32 Å². The van der Waals surface area contributed by atoms with Gasteiger partial charge in [-0.15, -0.1) is 12.3 Å². The number of ether oxygens (including phenoxy) is 3. The first-order valence-corrected chi connectivity index (χ1v) is 8.56. The molecule has 11 nitrogen and oxygen atoms in total. The zero-order valence-corrected chi connectivity index (χ0v) is 15.7. The summed E-state index contributed by atoms with van der Waals surface area (Å²) in [4.78, 5) is 45.5. The van der Waals surface area contributed by atoms with Gasteiger partial charge in [0, 0.05) is 13.3 Å². The molecule has 4 N–H and O–H groups in total. The monoisotopic (exact) mass is 437 g/mol. The molecule has 1 saturated heterocycles. The van der Waals surface area contributed by atoms with E-state index in [1.54, 1.807) is 0 Å². The van der Waals surface area contributed by atoms with Crippen molar-refractivity contribution in [3.8, 4) is 12.3 Å². The van der Waals surface area contributed by atoms with Crippen LogP contribution in [0, 0.1) is 12.3 Å². The number of halogens is 2. The summed E-state index contributed by atoms with van der Waals surface area (Å²) in [5.41, 5.74) is 0. The maximum atomic E-state index is 15.0. The van der Waals surface area contributed by atoms with Crippen LogP contribution >= 0.6 is 0 Å². The predicted molar refractivity (Wildman–Crippen MR) is 90.4 cm³/mol. The fourth-order valence-electron chi connectivity index (χ4n) is 2.74. The van der Waals surface area contributed by atoms with E-state index in [9.17, 15) is 38.9 Å². The van der Waals surface area contributed by atoms with E-state index < -0.39 is 73.4 Å². The summed E-state index contributed by atoms with van der Waals surface area (Å²) in [5, 5.41) is 31.5. The highest BCUT2D eigenvalue weighted by Crippen LogP contribution is 2.37. The van der Waals surface area contributed by atoms with E-state index in [4.69, 9.17) is 15.9 Å². The lowest BCUT2D eigenvalue weighted by molar-refractivity contribution is -0.295. The van der Waals surface area contributed by atoms with E-state index in [1.165, 1.54) is 0 Å². The minimum Gasteiger partial charge on any atom is -0.457 e. The van der Waals surface area contributed by atoms with Gasteiger partial charge >= 0.3 is 24.3 Å². The maximum absolute atomic E-state index is 15.0. The zero-order chi connectivity index (χ0) is 23.1. The van der Waals surface area contributed by atoms with E-state index >= 15 is 4.39 Å². The number of rotatable bonds is 9. The SMILES string of the molecule is C#CCCC(=O)O[C@@H](C1OC(F)(C(=O)OC=O)C(F)C(O)C1NC(C)=O)[C@H](O)CO. The molecule has 1 fully saturated rings. The molecule has 0 bridgehead atoms. The van der Waals surface area contributed by atoms with Gasteiger partial charge in [-0.2, -0.15) is 4.39 Å². The molecule has 1 aliphatic heterocycles. The van der Waals surface area contributed by atoms with Gasteiger partial charge in [0.05, 0.1) is 19.1 Å². The van der Waals surface area contributed by atoms with Gasteiger partial charge in [0.15, 0.2) is 12.3 Å². The van der Waals surface area contributed by atoms with Crippen LogP contribution in [-0.2, 0) is 33.4 Å². The summed E-state index contributed by atoms with van der Waals surface area (Å²) in [5.74, 6) is -6.02. The molecule has 1 rings (SSSR count). The Morgan fingerprint density at radius 2 is 2.07 bits per heavy atom. The molecule has 5 unspecified atom stereocenters. The molecule has 0 aromatic heterocycles. The van der Waals surface area contributed by atoms with Gasteiger partial charge in [0.25, 0.3) is 0 Å². The third-order valence-electron chi connectivity index (χ3n) is 4.12. The topological polar surface area (TPSA) is 169 Å². The van der Waals surface area contributed by atoms with Crippen molar-refractivity contribution in [3.63, 3.8) is 0 Å². The molecule has 7 atom stereocenters. The second kappa shape index (κ2) is 10.9. The Kier molecular flexibility index (Phi) is 9.24. The van der Waals surface area contributed by atoms with Crippen LogP contribution in [0.3, 0.4) is 0 Å². The highest BCUT2D eigenvalue weighted by atomic mass is 19.2. The average molecular weight is 437 g/mol. The fourth-order valence-corrected chi connectivity index (χ4v) is 2.74. The summed E-state index contributed by atoms with van der Waals surface area (Å²) >= 11 is 0. The van der Waals surface area contributed by atoms with Crippen molar-refractivity contribution in [3.05, 3.63) is 0 Å². The Bertz CT molecular complexity index is 699. The van der Waals surface area contributed by atoms with Crippen LogP contribution < -0.4 is 5.32 Å². The molecule has 168 valence electrons. The van der Waals surface area contributed by atoms with Crippen LogP contribution in [0.4, 0.5) is 8.78 Å². The number of amides is 1. The smallest absolute Gasteiger partial charge is 0.382 e. The van der Waals surface area contributed by atoms with Crippen molar-refractivity contribution in [2.45, 2.75) is 62.2 Å². The van der Waals surface area contributed by atoms with Crippen molar-refractivity contribution in [1.29, 1.82) is 0 Å². The number of carbonyl (C=O) groups excluding carboxylic acids is 4. The number of terminal acetylenes is 1. The van der Waals surface area contributed by atoms with Crippen LogP contribution in [0.2, 0.25) is 0 Å². The molecule has 30 heavy (non-hydrogen) atoms. The molecular formula is C17H21F2NO10. The quantitative estimate of drug-likeness (QED) is 0.132. The molecule has 0 aromatic rings. The Balaban J connectivity index is 3.38. The van der Waals surface area contributed by atoms with Gasteiger partial charge in [0.2, 0.25) is 5.91 Å². The second-order valence-corrected chi connectivity index (χ2v) is 6.26.